The maximum absolute atomic E-state index is 13.3. The molecule has 106 valence electrons. The van der Waals surface area contributed by atoms with Crippen LogP contribution in [0.4, 0.5) is 4.39 Å². The second-order valence-corrected chi connectivity index (χ2v) is 5.46. The molecule has 2 aromatic rings. The van der Waals surface area contributed by atoms with Crippen LogP contribution in [0.2, 0.25) is 0 Å². The van der Waals surface area contributed by atoms with Gasteiger partial charge in [-0.3, -0.25) is 0 Å². The fourth-order valence-electron chi connectivity index (χ4n) is 1.84. The minimum absolute atomic E-state index is 0.223. The van der Waals surface area contributed by atoms with Crippen LogP contribution in [0.15, 0.2) is 40.9 Å². The van der Waals surface area contributed by atoms with Gasteiger partial charge in [-0.25, -0.2) is 4.39 Å². The van der Waals surface area contributed by atoms with Gasteiger partial charge in [0.2, 0.25) is 0 Å². The Balaban J connectivity index is 2.26. The lowest BCUT2D eigenvalue weighted by Gasteiger charge is -2.12. The summed E-state index contributed by atoms with van der Waals surface area (Å²) in [6.07, 6.45) is 0. The molecule has 0 aromatic heterocycles. The van der Waals surface area contributed by atoms with Crippen molar-refractivity contribution < 1.29 is 9.13 Å². The molecule has 2 aromatic carbocycles. The van der Waals surface area contributed by atoms with E-state index in [4.69, 9.17) is 4.74 Å². The first-order valence-electron chi connectivity index (χ1n) is 6.53. The fraction of sp³-hybridized carbons (Fsp3) is 0.250. The monoisotopic (exact) mass is 337 g/mol. The molecule has 4 heteroatoms. The molecule has 0 aliphatic rings. The SMILES string of the molecule is CCNCc1ccc(Br)cc1Oc1ccc(F)c(C)c1. The Kier molecular flexibility index (Phi) is 5.15. The second-order valence-electron chi connectivity index (χ2n) is 4.55. The lowest BCUT2D eigenvalue weighted by Crippen LogP contribution is -2.12. The summed E-state index contributed by atoms with van der Waals surface area (Å²) >= 11 is 3.44. The molecule has 2 rings (SSSR count). The molecule has 0 amide bonds. The molecule has 0 heterocycles. The first-order chi connectivity index (χ1) is 9.60. The van der Waals surface area contributed by atoms with Crippen LogP contribution in [-0.2, 0) is 6.54 Å². The van der Waals surface area contributed by atoms with Crippen LogP contribution in [-0.4, -0.2) is 6.54 Å². The molecule has 20 heavy (non-hydrogen) atoms. The minimum Gasteiger partial charge on any atom is -0.457 e. The highest BCUT2D eigenvalue weighted by molar-refractivity contribution is 9.10. The summed E-state index contributed by atoms with van der Waals surface area (Å²) in [5.41, 5.74) is 1.64. The fourth-order valence-corrected chi connectivity index (χ4v) is 2.18. The third-order valence-corrected chi connectivity index (χ3v) is 3.45. The van der Waals surface area contributed by atoms with Gasteiger partial charge in [-0.15, -0.1) is 0 Å². The second kappa shape index (κ2) is 6.86. The molecule has 2 nitrogen and oxygen atoms in total. The van der Waals surface area contributed by atoms with Crippen LogP contribution in [0.1, 0.15) is 18.1 Å². The Morgan fingerprint density at radius 1 is 1.20 bits per heavy atom. The molecular weight excluding hydrogens is 321 g/mol. The molecule has 0 atom stereocenters. The predicted molar refractivity (Wildman–Crippen MR) is 82.7 cm³/mol. The third kappa shape index (κ3) is 3.81. The lowest BCUT2D eigenvalue weighted by molar-refractivity contribution is 0.470. The lowest BCUT2D eigenvalue weighted by atomic mass is 10.2. The predicted octanol–water partition coefficient (Wildman–Crippen LogP) is 4.80. The van der Waals surface area contributed by atoms with Gasteiger partial charge >= 0.3 is 0 Å². The average molecular weight is 338 g/mol. The van der Waals surface area contributed by atoms with Crippen molar-refractivity contribution in [3.05, 3.63) is 57.8 Å². The van der Waals surface area contributed by atoms with E-state index in [9.17, 15) is 4.39 Å². The van der Waals surface area contributed by atoms with Gasteiger partial charge in [0.1, 0.15) is 17.3 Å². The van der Waals surface area contributed by atoms with Crippen molar-refractivity contribution in [2.75, 3.05) is 6.54 Å². The van der Waals surface area contributed by atoms with Crippen molar-refractivity contribution >= 4 is 15.9 Å². The number of nitrogens with one attached hydrogen (secondary N) is 1. The maximum atomic E-state index is 13.3. The van der Waals surface area contributed by atoms with Gasteiger partial charge < -0.3 is 10.1 Å². The molecule has 0 saturated heterocycles. The first-order valence-corrected chi connectivity index (χ1v) is 7.32. The van der Waals surface area contributed by atoms with E-state index < -0.39 is 0 Å². The topological polar surface area (TPSA) is 21.3 Å². The Bertz CT molecular complexity index is 601. The van der Waals surface area contributed by atoms with Gasteiger partial charge in [0, 0.05) is 16.6 Å². The molecule has 0 fully saturated rings. The van der Waals surface area contributed by atoms with Crippen LogP contribution in [0.5, 0.6) is 11.5 Å². The van der Waals surface area contributed by atoms with Crippen LogP contribution in [0.25, 0.3) is 0 Å². The van der Waals surface area contributed by atoms with Crippen molar-refractivity contribution in [3.63, 3.8) is 0 Å². The number of benzene rings is 2. The largest absolute Gasteiger partial charge is 0.457 e. The molecule has 1 N–H and O–H groups in total. The van der Waals surface area contributed by atoms with Gasteiger partial charge in [0.25, 0.3) is 0 Å². The Morgan fingerprint density at radius 3 is 2.70 bits per heavy atom. The van der Waals surface area contributed by atoms with Crippen molar-refractivity contribution in [2.45, 2.75) is 20.4 Å². The quantitative estimate of drug-likeness (QED) is 0.846. The number of aryl methyl sites for hydroxylation is 1. The van der Waals surface area contributed by atoms with Crippen molar-refractivity contribution in [3.8, 4) is 11.5 Å². The van der Waals surface area contributed by atoms with E-state index in [0.717, 1.165) is 28.9 Å². The van der Waals surface area contributed by atoms with Crippen molar-refractivity contribution in [1.82, 2.24) is 5.32 Å². The van der Waals surface area contributed by atoms with Crippen LogP contribution < -0.4 is 10.1 Å². The average Bonchev–Trinajstić information content (AvgIpc) is 2.42. The van der Waals surface area contributed by atoms with Crippen LogP contribution in [0, 0.1) is 12.7 Å². The molecule has 0 bridgehead atoms. The summed E-state index contributed by atoms with van der Waals surface area (Å²) in [5, 5.41) is 3.28. The highest BCUT2D eigenvalue weighted by Gasteiger charge is 2.07. The van der Waals surface area contributed by atoms with Crippen molar-refractivity contribution in [1.29, 1.82) is 0 Å². The van der Waals surface area contributed by atoms with Crippen LogP contribution >= 0.6 is 15.9 Å². The van der Waals surface area contributed by atoms with Gasteiger partial charge in [0.05, 0.1) is 0 Å². The van der Waals surface area contributed by atoms with E-state index in [1.807, 2.05) is 18.2 Å². The zero-order valence-corrected chi connectivity index (χ0v) is 13.1. The smallest absolute Gasteiger partial charge is 0.133 e. The zero-order chi connectivity index (χ0) is 14.5. The first kappa shape index (κ1) is 15.0. The summed E-state index contributed by atoms with van der Waals surface area (Å²) in [6.45, 7) is 5.41. The standard InChI is InChI=1S/C16H17BrFNO/c1-3-19-10-12-4-5-13(17)9-16(12)20-14-6-7-15(18)11(2)8-14/h4-9,19H,3,10H2,1-2H3. The Hall–Kier alpha value is -1.39. The summed E-state index contributed by atoms with van der Waals surface area (Å²) in [7, 11) is 0. The van der Waals surface area contributed by atoms with Gasteiger partial charge in [-0.2, -0.15) is 0 Å². The summed E-state index contributed by atoms with van der Waals surface area (Å²) < 4.78 is 20.1. The number of hydrogen-bond donors (Lipinski definition) is 1. The van der Waals surface area contributed by atoms with Gasteiger partial charge in [-0.05, 0) is 49.4 Å². The number of halogens is 2. The molecule has 0 aliphatic carbocycles. The van der Waals surface area contributed by atoms with E-state index in [-0.39, 0.29) is 5.82 Å². The number of ether oxygens (including phenoxy) is 1. The zero-order valence-electron chi connectivity index (χ0n) is 11.5. The Morgan fingerprint density at radius 2 is 2.00 bits per heavy atom. The molecule has 0 saturated carbocycles. The highest BCUT2D eigenvalue weighted by atomic mass is 79.9. The van der Waals surface area contributed by atoms with Gasteiger partial charge in [-0.1, -0.05) is 28.9 Å². The van der Waals surface area contributed by atoms with E-state index in [1.165, 1.54) is 6.07 Å². The highest BCUT2D eigenvalue weighted by Crippen LogP contribution is 2.29. The summed E-state index contributed by atoms with van der Waals surface area (Å²) in [5.74, 6) is 1.19. The van der Waals surface area contributed by atoms with E-state index in [0.29, 0.717) is 11.3 Å². The molecule has 0 radical (unpaired) electrons. The third-order valence-electron chi connectivity index (χ3n) is 2.95. The number of rotatable bonds is 5. The maximum Gasteiger partial charge on any atom is 0.133 e. The van der Waals surface area contributed by atoms with E-state index in [2.05, 4.69) is 28.2 Å². The molecule has 0 unspecified atom stereocenters. The summed E-state index contributed by atoms with van der Waals surface area (Å²) in [4.78, 5) is 0. The molecule has 0 spiro atoms. The minimum atomic E-state index is -0.223. The van der Waals surface area contributed by atoms with E-state index >= 15 is 0 Å². The van der Waals surface area contributed by atoms with E-state index in [1.54, 1.807) is 19.1 Å². The van der Waals surface area contributed by atoms with Crippen LogP contribution in [0.3, 0.4) is 0 Å². The number of hydrogen-bond acceptors (Lipinski definition) is 2. The normalized spacial score (nSPS) is 10.6. The van der Waals surface area contributed by atoms with Gasteiger partial charge in [0.15, 0.2) is 0 Å². The van der Waals surface area contributed by atoms with Crippen molar-refractivity contribution in [2.24, 2.45) is 0 Å². The summed E-state index contributed by atoms with van der Waals surface area (Å²) in [6, 6.07) is 10.7. The Labute approximate surface area is 127 Å². The molecule has 0 aliphatic heterocycles. The molecular formula is C16H17BrFNO.